The molecule has 104 valence electrons. The Kier molecular flexibility index (Phi) is 3.97. The number of carbonyl (C=O) groups excluding carboxylic acids is 1. The molecule has 0 N–H and O–H groups in total. The van der Waals surface area contributed by atoms with Crippen LogP contribution >= 0.6 is 0 Å². The summed E-state index contributed by atoms with van der Waals surface area (Å²) in [5, 5.41) is 0. The lowest BCUT2D eigenvalue weighted by molar-refractivity contribution is -0.306. The fourth-order valence-corrected chi connectivity index (χ4v) is 2.29. The zero-order chi connectivity index (χ0) is 13.9. The Hall–Kier alpha value is -1.72. The molecule has 0 saturated carbocycles. The molecule has 0 spiro atoms. The number of nitrogens with zero attached hydrogens (tertiary/aromatic N) is 1. The normalized spacial score (nSPS) is 20.2. The van der Waals surface area contributed by atoms with Crippen molar-refractivity contribution < 1.29 is 22.7 Å². The van der Waals surface area contributed by atoms with Crippen LogP contribution in [0.1, 0.15) is 19.3 Å². The standard InChI is InChI=1S/C13H14F3NO2/c14-13(15,16)19-12(18)11-8-4-5-9-17(11)10-6-2-1-3-7-10/h1-3,6-7,11H,4-5,8-9H2. The maximum Gasteiger partial charge on any atom is 0.575 e. The molecule has 1 aliphatic rings. The topological polar surface area (TPSA) is 29.5 Å². The number of hydrogen-bond donors (Lipinski definition) is 0. The number of benzene rings is 1. The van der Waals surface area contributed by atoms with Gasteiger partial charge in [0.15, 0.2) is 0 Å². The van der Waals surface area contributed by atoms with Gasteiger partial charge in [0.1, 0.15) is 6.04 Å². The van der Waals surface area contributed by atoms with Crippen molar-refractivity contribution in [2.45, 2.75) is 31.7 Å². The second-order valence-electron chi connectivity index (χ2n) is 4.41. The van der Waals surface area contributed by atoms with Crippen LogP contribution in [0.25, 0.3) is 0 Å². The number of ether oxygens (including phenoxy) is 1. The molecular weight excluding hydrogens is 259 g/mol. The van der Waals surface area contributed by atoms with Crippen LogP contribution in [0.2, 0.25) is 0 Å². The third kappa shape index (κ3) is 3.62. The number of para-hydroxylation sites is 1. The summed E-state index contributed by atoms with van der Waals surface area (Å²) in [4.78, 5) is 13.3. The Morgan fingerprint density at radius 1 is 1.21 bits per heavy atom. The van der Waals surface area contributed by atoms with Crippen molar-refractivity contribution in [3.05, 3.63) is 30.3 Å². The maximum atomic E-state index is 12.1. The van der Waals surface area contributed by atoms with Crippen molar-refractivity contribution in [3.63, 3.8) is 0 Å². The fraction of sp³-hybridized carbons (Fsp3) is 0.462. The molecule has 1 aromatic carbocycles. The third-order valence-corrected chi connectivity index (χ3v) is 3.08. The van der Waals surface area contributed by atoms with E-state index in [0.717, 1.165) is 18.5 Å². The van der Waals surface area contributed by atoms with E-state index in [1.54, 1.807) is 29.2 Å². The summed E-state index contributed by atoms with van der Waals surface area (Å²) in [6, 6.07) is 8.08. The summed E-state index contributed by atoms with van der Waals surface area (Å²) in [5.41, 5.74) is 0.742. The molecule has 1 atom stereocenters. The smallest absolute Gasteiger partial charge is 0.371 e. The van der Waals surface area contributed by atoms with E-state index in [-0.39, 0.29) is 0 Å². The minimum atomic E-state index is -4.92. The van der Waals surface area contributed by atoms with E-state index >= 15 is 0 Å². The molecule has 1 saturated heterocycles. The lowest BCUT2D eigenvalue weighted by atomic mass is 10.0. The van der Waals surface area contributed by atoms with Crippen molar-refractivity contribution in [3.8, 4) is 0 Å². The highest BCUT2D eigenvalue weighted by atomic mass is 19.4. The molecule has 1 unspecified atom stereocenters. The van der Waals surface area contributed by atoms with Crippen LogP contribution in [-0.2, 0) is 9.53 Å². The summed E-state index contributed by atoms with van der Waals surface area (Å²) in [6.45, 7) is 0.557. The summed E-state index contributed by atoms with van der Waals surface area (Å²) < 4.78 is 39.9. The Bertz CT molecular complexity index is 433. The zero-order valence-electron chi connectivity index (χ0n) is 10.2. The highest BCUT2D eigenvalue weighted by Crippen LogP contribution is 2.27. The third-order valence-electron chi connectivity index (χ3n) is 3.08. The van der Waals surface area contributed by atoms with Crippen LogP contribution in [-0.4, -0.2) is 24.9 Å². The van der Waals surface area contributed by atoms with E-state index < -0.39 is 18.4 Å². The molecule has 2 rings (SSSR count). The van der Waals surface area contributed by atoms with Crippen LogP contribution in [0.15, 0.2) is 30.3 Å². The van der Waals surface area contributed by atoms with E-state index in [1.807, 2.05) is 6.07 Å². The molecule has 0 amide bonds. The summed E-state index contributed by atoms with van der Waals surface area (Å²) in [5.74, 6) is -1.23. The van der Waals surface area contributed by atoms with Gasteiger partial charge in [-0.05, 0) is 31.4 Å². The average molecular weight is 273 g/mol. The highest BCUT2D eigenvalue weighted by molar-refractivity contribution is 5.80. The Morgan fingerprint density at radius 2 is 1.89 bits per heavy atom. The Balaban J connectivity index is 2.15. The second kappa shape index (κ2) is 5.50. The molecule has 1 aliphatic heterocycles. The van der Waals surface area contributed by atoms with Gasteiger partial charge in [0.05, 0.1) is 0 Å². The number of hydrogen-bond acceptors (Lipinski definition) is 3. The number of anilines is 1. The predicted octanol–water partition coefficient (Wildman–Crippen LogP) is 3.11. The first-order chi connectivity index (χ1) is 8.97. The molecular formula is C13H14F3NO2. The molecule has 0 aromatic heterocycles. The molecule has 1 fully saturated rings. The van der Waals surface area contributed by atoms with Gasteiger partial charge in [-0.15, -0.1) is 13.2 Å². The van der Waals surface area contributed by atoms with E-state index in [2.05, 4.69) is 4.74 Å². The minimum Gasteiger partial charge on any atom is -0.371 e. The number of piperidine rings is 1. The van der Waals surface area contributed by atoms with Crippen molar-refractivity contribution >= 4 is 11.7 Å². The lowest BCUT2D eigenvalue weighted by Gasteiger charge is -2.35. The molecule has 1 heterocycles. The number of alkyl halides is 3. The van der Waals surface area contributed by atoms with Gasteiger partial charge in [0.25, 0.3) is 0 Å². The van der Waals surface area contributed by atoms with Crippen molar-refractivity contribution in [2.24, 2.45) is 0 Å². The maximum absolute atomic E-state index is 12.1. The van der Waals surface area contributed by atoms with Gasteiger partial charge < -0.3 is 9.64 Å². The van der Waals surface area contributed by atoms with Gasteiger partial charge in [-0.2, -0.15) is 0 Å². The van der Waals surface area contributed by atoms with Crippen molar-refractivity contribution in [1.82, 2.24) is 0 Å². The highest BCUT2D eigenvalue weighted by Gasteiger charge is 2.39. The van der Waals surface area contributed by atoms with Gasteiger partial charge >= 0.3 is 12.3 Å². The van der Waals surface area contributed by atoms with Gasteiger partial charge in [-0.25, -0.2) is 4.79 Å². The van der Waals surface area contributed by atoms with Gasteiger partial charge in [-0.3, -0.25) is 0 Å². The number of rotatable bonds is 2. The quantitative estimate of drug-likeness (QED) is 0.775. The first-order valence-corrected chi connectivity index (χ1v) is 6.08. The van der Waals surface area contributed by atoms with Crippen LogP contribution in [0.4, 0.5) is 18.9 Å². The first-order valence-electron chi connectivity index (χ1n) is 6.08. The SMILES string of the molecule is O=C(OC(F)(F)F)C1CCCCN1c1ccccc1. The molecule has 1 aromatic rings. The first kappa shape index (κ1) is 13.7. The van der Waals surface area contributed by atoms with Gasteiger partial charge in [0, 0.05) is 12.2 Å². The fourth-order valence-electron chi connectivity index (χ4n) is 2.29. The summed E-state index contributed by atoms with van der Waals surface area (Å²) >= 11 is 0. The molecule has 0 aliphatic carbocycles. The van der Waals surface area contributed by atoms with E-state index in [1.165, 1.54) is 0 Å². The van der Waals surface area contributed by atoms with Crippen LogP contribution in [0, 0.1) is 0 Å². The molecule has 3 nitrogen and oxygen atoms in total. The predicted molar refractivity (Wildman–Crippen MR) is 63.6 cm³/mol. The second-order valence-corrected chi connectivity index (χ2v) is 4.41. The van der Waals surface area contributed by atoms with E-state index in [9.17, 15) is 18.0 Å². The van der Waals surface area contributed by atoms with Gasteiger partial charge in [0.2, 0.25) is 0 Å². The molecule has 0 bridgehead atoms. The average Bonchev–Trinajstić information content (AvgIpc) is 2.38. The molecule has 0 radical (unpaired) electrons. The van der Waals surface area contributed by atoms with Crippen LogP contribution in [0.3, 0.4) is 0 Å². The number of halogens is 3. The largest absolute Gasteiger partial charge is 0.575 e. The van der Waals surface area contributed by atoms with E-state index in [4.69, 9.17) is 0 Å². The monoisotopic (exact) mass is 273 g/mol. The Labute approximate surface area is 109 Å². The van der Waals surface area contributed by atoms with Crippen molar-refractivity contribution in [2.75, 3.05) is 11.4 Å². The number of esters is 1. The summed E-state index contributed by atoms with van der Waals surface area (Å²) in [7, 11) is 0. The minimum absolute atomic E-state index is 0.379. The lowest BCUT2D eigenvalue weighted by Crippen LogP contribution is -2.47. The zero-order valence-corrected chi connectivity index (χ0v) is 10.2. The van der Waals surface area contributed by atoms with Crippen LogP contribution in [0.5, 0.6) is 0 Å². The van der Waals surface area contributed by atoms with Gasteiger partial charge in [-0.1, -0.05) is 18.2 Å². The molecule has 6 heteroatoms. The molecule has 19 heavy (non-hydrogen) atoms. The number of carbonyl (C=O) groups is 1. The van der Waals surface area contributed by atoms with Crippen molar-refractivity contribution in [1.29, 1.82) is 0 Å². The van der Waals surface area contributed by atoms with Crippen LogP contribution < -0.4 is 4.90 Å². The Morgan fingerprint density at radius 3 is 2.53 bits per heavy atom. The van der Waals surface area contributed by atoms with E-state index in [0.29, 0.717) is 13.0 Å². The summed E-state index contributed by atoms with van der Waals surface area (Å²) in [6.07, 6.45) is -2.97.